The Labute approximate surface area is 119 Å². The number of nitrogens with zero attached hydrogens (tertiary/aromatic N) is 1. The molecule has 1 unspecified atom stereocenters. The molecule has 0 bridgehead atoms. The van der Waals surface area contributed by atoms with Gasteiger partial charge in [-0.2, -0.15) is 0 Å². The summed E-state index contributed by atoms with van der Waals surface area (Å²) in [4.78, 5) is 24.2. The molecular weight excluding hydrogens is 260 g/mol. The number of ether oxygens (including phenoxy) is 1. The molecule has 2 fully saturated rings. The summed E-state index contributed by atoms with van der Waals surface area (Å²) in [6.07, 6.45) is 6.59. The monoisotopic (exact) mass is 284 g/mol. The Kier molecular flexibility index (Phi) is 5.64. The van der Waals surface area contributed by atoms with Crippen LogP contribution in [0.4, 0.5) is 4.79 Å². The number of hydrogen-bond acceptors (Lipinski definition) is 3. The van der Waals surface area contributed by atoms with E-state index in [-0.39, 0.29) is 18.7 Å². The van der Waals surface area contributed by atoms with Crippen LogP contribution < -0.4 is 5.32 Å². The van der Waals surface area contributed by atoms with Gasteiger partial charge in [0.1, 0.15) is 6.54 Å². The lowest BCUT2D eigenvalue weighted by Crippen LogP contribution is -2.44. The Morgan fingerprint density at radius 1 is 1.25 bits per heavy atom. The number of aliphatic carboxylic acids is 1. The molecule has 1 atom stereocenters. The Balaban J connectivity index is 1.68. The maximum absolute atomic E-state index is 12.0. The van der Waals surface area contributed by atoms with E-state index in [0.717, 1.165) is 38.7 Å². The van der Waals surface area contributed by atoms with Gasteiger partial charge in [0.2, 0.25) is 0 Å². The van der Waals surface area contributed by atoms with E-state index < -0.39 is 5.97 Å². The van der Waals surface area contributed by atoms with E-state index in [1.165, 1.54) is 11.3 Å². The number of carboxylic acids is 1. The van der Waals surface area contributed by atoms with Crippen molar-refractivity contribution < 1.29 is 19.4 Å². The van der Waals surface area contributed by atoms with Crippen molar-refractivity contribution in [2.24, 2.45) is 5.92 Å². The summed E-state index contributed by atoms with van der Waals surface area (Å²) in [5, 5.41) is 11.7. The lowest BCUT2D eigenvalue weighted by atomic mass is 10.1. The quantitative estimate of drug-likeness (QED) is 0.741. The van der Waals surface area contributed by atoms with Crippen molar-refractivity contribution in [3.05, 3.63) is 0 Å². The van der Waals surface area contributed by atoms with E-state index in [0.29, 0.717) is 19.0 Å². The number of carboxylic acid groups (broad SMARTS) is 1. The van der Waals surface area contributed by atoms with Crippen molar-refractivity contribution in [3.63, 3.8) is 0 Å². The third-order valence-corrected chi connectivity index (χ3v) is 3.81. The van der Waals surface area contributed by atoms with Crippen molar-refractivity contribution in [2.75, 3.05) is 26.2 Å². The van der Waals surface area contributed by atoms with Gasteiger partial charge in [-0.25, -0.2) is 4.79 Å². The fraction of sp³-hybridized carbons (Fsp3) is 0.857. The number of hydrogen-bond donors (Lipinski definition) is 2. The molecule has 114 valence electrons. The average molecular weight is 284 g/mol. The molecule has 1 heterocycles. The zero-order chi connectivity index (χ0) is 14.4. The van der Waals surface area contributed by atoms with Gasteiger partial charge in [-0.3, -0.25) is 4.79 Å². The number of nitrogens with one attached hydrogen (secondary N) is 1. The van der Waals surface area contributed by atoms with E-state index in [9.17, 15) is 9.59 Å². The van der Waals surface area contributed by atoms with Gasteiger partial charge in [0.05, 0.1) is 6.10 Å². The normalized spacial score (nSPS) is 22.3. The molecule has 6 heteroatoms. The molecule has 1 saturated carbocycles. The SMILES string of the molecule is O=C(O)CN(CC1CC1)C(=O)NCCC1CCCCO1. The van der Waals surface area contributed by atoms with Crippen LogP contribution in [0, 0.1) is 5.92 Å². The van der Waals surface area contributed by atoms with Crippen LogP contribution in [0.15, 0.2) is 0 Å². The predicted octanol–water partition coefficient (Wildman–Crippen LogP) is 1.45. The van der Waals surface area contributed by atoms with Crippen LogP contribution in [0.25, 0.3) is 0 Å². The first-order valence-electron chi connectivity index (χ1n) is 7.51. The van der Waals surface area contributed by atoms with Crippen LogP contribution in [0.1, 0.15) is 38.5 Å². The van der Waals surface area contributed by atoms with Crippen molar-refractivity contribution in [2.45, 2.75) is 44.6 Å². The Hall–Kier alpha value is -1.30. The number of rotatable bonds is 7. The number of urea groups is 1. The summed E-state index contributed by atoms with van der Waals surface area (Å²) in [6, 6.07) is -0.268. The molecule has 1 saturated heterocycles. The molecule has 2 amide bonds. The molecule has 20 heavy (non-hydrogen) atoms. The Morgan fingerprint density at radius 2 is 2.05 bits per heavy atom. The highest BCUT2D eigenvalue weighted by Crippen LogP contribution is 2.29. The van der Waals surface area contributed by atoms with E-state index in [4.69, 9.17) is 9.84 Å². The van der Waals surface area contributed by atoms with Gasteiger partial charge >= 0.3 is 12.0 Å². The van der Waals surface area contributed by atoms with Crippen LogP contribution in [-0.2, 0) is 9.53 Å². The van der Waals surface area contributed by atoms with Crippen molar-refractivity contribution in [1.29, 1.82) is 0 Å². The zero-order valence-corrected chi connectivity index (χ0v) is 11.8. The molecule has 2 N–H and O–H groups in total. The summed E-state index contributed by atoms with van der Waals surface area (Å²) in [6.45, 7) is 1.69. The molecule has 2 rings (SSSR count). The predicted molar refractivity (Wildman–Crippen MR) is 73.5 cm³/mol. The largest absolute Gasteiger partial charge is 0.480 e. The molecule has 0 radical (unpaired) electrons. The number of carbonyl (C=O) groups is 2. The van der Waals surface area contributed by atoms with Crippen LogP contribution in [0.2, 0.25) is 0 Å². The molecular formula is C14H24N2O4. The van der Waals surface area contributed by atoms with Crippen LogP contribution in [0.5, 0.6) is 0 Å². The highest BCUT2D eigenvalue weighted by atomic mass is 16.5. The van der Waals surface area contributed by atoms with Crippen LogP contribution in [0.3, 0.4) is 0 Å². The van der Waals surface area contributed by atoms with Gasteiger partial charge in [-0.15, -0.1) is 0 Å². The van der Waals surface area contributed by atoms with E-state index >= 15 is 0 Å². The fourth-order valence-corrected chi connectivity index (χ4v) is 2.48. The van der Waals surface area contributed by atoms with E-state index in [2.05, 4.69) is 5.32 Å². The Bertz CT molecular complexity index is 338. The lowest BCUT2D eigenvalue weighted by molar-refractivity contribution is -0.137. The third kappa shape index (κ3) is 5.36. The summed E-state index contributed by atoms with van der Waals surface area (Å²) in [5.74, 6) is -0.474. The smallest absolute Gasteiger partial charge is 0.323 e. The van der Waals surface area contributed by atoms with Gasteiger partial charge in [-0.05, 0) is 44.4 Å². The maximum atomic E-state index is 12.0. The Morgan fingerprint density at radius 3 is 2.65 bits per heavy atom. The third-order valence-electron chi connectivity index (χ3n) is 3.81. The second kappa shape index (κ2) is 7.47. The van der Waals surface area contributed by atoms with Gasteiger partial charge in [-0.1, -0.05) is 0 Å². The van der Waals surface area contributed by atoms with Crippen LogP contribution >= 0.6 is 0 Å². The highest BCUT2D eigenvalue weighted by molar-refractivity contribution is 5.80. The number of amides is 2. The topological polar surface area (TPSA) is 78.9 Å². The molecule has 1 aliphatic carbocycles. The summed E-state index contributed by atoms with van der Waals surface area (Å²) >= 11 is 0. The van der Waals surface area contributed by atoms with Crippen molar-refractivity contribution >= 4 is 12.0 Å². The lowest BCUT2D eigenvalue weighted by Gasteiger charge is -2.24. The van der Waals surface area contributed by atoms with Gasteiger partial charge in [0.15, 0.2) is 0 Å². The van der Waals surface area contributed by atoms with Gasteiger partial charge < -0.3 is 20.1 Å². The van der Waals surface area contributed by atoms with Crippen molar-refractivity contribution in [1.82, 2.24) is 10.2 Å². The molecule has 2 aliphatic rings. The molecule has 0 aromatic rings. The second-order valence-electron chi connectivity index (χ2n) is 5.73. The molecule has 1 aliphatic heterocycles. The first kappa shape index (κ1) is 15.1. The minimum Gasteiger partial charge on any atom is -0.480 e. The van der Waals surface area contributed by atoms with E-state index in [1.807, 2.05) is 0 Å². The van der Waals surface area contributed by atoms with Gasteiger partial charge in [0, 0.05) is 19.7 Å². The fourth-order valence-electron chi connectivity index (χ4n) is 2.48. The summed E-state index contributed by atoms with van der Waals surface area (Å²) in [5.41, 5.74) is 0. The standard InChI is InChI=1S/C14H24N2O4/c17-13(18)10-16(9-11-4-5-11)14(19)15-7-6-12-3-1-2-8-20-12/h11-12H,1-10H2,(H,15,19)(H,17,18). The molecule has 0 spiro atoms. The zero-order valence-electron chi connectivity index (χ0n) is 11.8. The summed E-state index contributed by atoms with van der Waals surface area (Å²) in [7, 11) is 0. The number of carbonyl (C=O) groups excluding carboxylic acids is 1. The summed E-state index contributed by atoms with van der Waals surface area (Å²) < 4.78 is 5.60. The molecule has 6 nitrogen and oxygen atoms in total. The second-order valence-corrected chi connectivity index (χ2v) is 5.73. The highest BCUT2D eigenvalue weighted by Gasteiger charge is 2.27. The first-order valence-corrected chi connectivity index (χ1v) is 7.51. The van der Waals surface area contributed by atoms with Crippen LogP contribution in [-0.4, -0.2) is 54.4 Å². The minimum absolute atomic E-state index is 0.220. The maximum Gasteiger partial charge on any atom is 0.323 e. The average Bonchev–Trinajstić information content (AvgIpc) is 3.22. The van der Waals surface area contributed by atoms with Crippen molar-refractivity contribution in [3.8, 4) is 0 Å². The van der Waals surface area contributed by atoms with E-state index in [1.54, 1.807) is 0 Å². The molecule has 0 aromatic carbocycles. The molecule has 0 aromatic heterocycles. The minimum atomic E-state index is -0.962. The first-order chi connectivity index (χ1) is 9.65. The van der Waals surface area contributed by atoms with Gasteiger partial charge in [0.25, 0.3) is 0 Å².